The number of carbonyl (C=O) groups is 1. The van der Waals surface area contributed by atoms with Gasteiger partial charge in [-0.15, -0.1) is 0 Å². The fourth-order valence-electron chi connectivity index (χ4n) is 3.89. The molecule has 0 aromatic carbocycles. The lowest BCUT2D eigenvalue weighted by Crippen LogP contribution is -2.44. The summed E-state index contributed by atoms with van der Waals surface area (Å²) < 4.78 is 91.4. The average molecular weight is 470 g/mol. The van der Waals surface area contributed by atoms with E-state index in [1.54, 1.807) is 0 Å². The maximum absolute atomic E-state index is 14.2. The summed E-state index contributed by atoms with van der Waals surface area (Å²) in [6.07, 6.45) is -2.50. The lowest BCUT2D eigenvalue weighted by atomic mass is 9.84. The maximum atomic E-state index is 14.2. The number of carbonyl (C=O) groups excluding carboxylic acids is 1. The minimum atomic E-state index is -4.44. The Hall–Kier alpha value is -2.05. The van der Waals surface area contributed by atoms with Crippen LogP contribution in [0.5, 0.6) is 0 Å². The standard InChI is InChI=1S/C18H23F5N4O3S/c1-17(19,20)14-11(15(28)27-6-8-31(29,30)9-7-27)10-24-16(26-14)25-13-5-3-2-4-12(13)18(21,22)23/h10,12-13H,2-9H2,1H3,(H,24,25,26)/t12-,13+/m0/s1. The van der Waals surface area contributed by atoms with Crippen LogP contribution < -0.4 is 5.32 Å². The molecule has 0 radical (unpaired) electrons. The summed E-state index contributed by atoms with van der Waals surface area (Å²) in [4.78, 5) is 21.4. The summed E-state index contributed by atoms with van der Waals surface area (Å²) in [6, 6.07) is -1.05. The molecule has 174 valence electrons. The first-order chi connectivity index (χ1) is 14.3. The van der Waals surface area contributed by atoms with E-state index < -0.39 is 57.0 Å². The Bertz CT molecular complexity index is 919. The predicted octanol–water partition coefficient (Wildman–Crippen LogP) is 2.99. The maximum Gasteiger partial charge on any atom is 0.393 e. The van der Waals surface area contributed by atoms with Crippen molar-refractivity contribution in [3.05, 3.63) is 17.5 Å². The van der Waals surface area contributed by atoms with Crippen LogP contribution in [0.3, 0.4) is 0 Å². The molecule has 1 saturated carbocycles. The Balaban J connectivity index is 1.86. The zero-order chi connectivity index (χ0) is 23.0. The van der Waals surface area contributed by atoms with E-state index in [2.05, 4.69) is 15.3 Å². The minimum Gasteiger partial charge on any atom is -0.351 e. The fourth-order valence-corrected chi connectivity index (χ4v) is 5.09. The van der Waals surface area contributed by atoms with Gasteiger partial charge in [0.15, 0.2) is 9.84 Å². The third-order valence-corrected chi connectivity index (χ3v) is 7.18. The molecule has 2 aliphatic rings. The molecule has 1 N–H and O–H groups in total. The molecule has 0 unspecified atom stereocenters. The summed E-state index contributed by atoms with van der Waals surface area (Å²) in [5, 5.41) is 2.53. The van der Waals surface area contributed by atoms with Gasteiger partial charge in [-0.1, -0.05) is 12.8 Å². The number of rotatable bonds is 4. The molecule has 7 nitrogen and oxygen atoms in total. The Morgan fingerprint density at radius 1 is 1.13 bits per heavy atom. The van der Waals surface area contributed by atoms with Crippen molar-refractivity contribution in [1.29, 1.82) is 0 Å². The topological polar surface area (TPSA) is 92.3 Å². The molecule has 13 heteroatoms. The van der Waals surface area contributed by atoms with Crippen LogP contribution in [-0.4, -0.2) is 66.0 Å². The number of nitrogens with zero attached hydrogens (tertiary/aromatic N) is 3. The minimum absolute atomic E-state index is 0.0770. The van der Waals surface area contributed by atoms with Gasteiger partial charge in [-0.3, -0.25) is 4.79 Å². The zero-order valence-electron chi connectivity index (χ0n) is 16.8. The van der Waals surface area contributed by atoms with Gasteiger partial charge in [0.05, 0.1) is 23.0 Å². The van der Waals surface area contributed by atoms with Gasteiger partial charge in [0.2, 0.25) is 5.95 Å². The molecule has 1 amide bonds. The molecular formula is C18H23F5N4O3S. The Morgan fingerprint density at radius 2 is 1.74 bits per heavy atom. The van der Waals surface area contributed by atoms with Crippen molar-refractivity contribution in [3.8, 4) is 0 Å². The largest absolute Gasteiger partial charge is 0.393 e. The van der Waals surface area contributed by atoms with E-state index in [0.717, 1.165) is 11.1 Å². The first-order valence-corrected chi connectivity index (χ1v) is 11.7. The van der Waals surface area contributed by atoms with Gasteiger partial charge in [-0.2, -0.15) is 22.0 Å². The lowest BCUT2D eigenvalue weighted by molar-refractivity contribution is -0.184. The average Bonchev–Trinajstić information content (AvgIpc) is 2.66. The molecule has 0 spiro atoms. The summed E-state index contributed by atoms with van der Waals surface area (Å²) in [5.41, 5.74) is -1.42. The molecule has 3 rings (SSSR count). The molecule has 2 heterocycles. The highest BCUT2D eigenvalue weighted by Gasteiger charge is 2.46. The summed E-state index contributed by atoms with van der Waals surface area (Å²) >= 11 is 0. The van der Waals surface area contributed by atoms with Gasteiger partial charge >= 0.3 is 6.18 Å². The Morgan fingerprint density at radius 3 is 2.32 bits per heavy atom. The van der Waals surface area contributed by atoms with Gasteiger partial charge in [0.1, 0.15) is 5.69 Å². The van der Waals surface area contributed by atoms with Gasteiger partial charge in [0, 0.05) is 32.3 Å². The smallest absolute Gasteiger partial charge is 0.351 e. The van der Waals surface area contributed by atoms with Gasteiger partial charge < -0.3 is 10.2 Å². The van der Waals surface area contributed by atoms with E-state index >= 15 is 0 Å². The molecule has 2 fully saturated rings. The van der Waals surface area contributed by atoms with Gasteiger partial charge in [0.25, 0.3) is 11.8 Å². The zero-order valence-corrected chi connectivity index (χ0v) is 17.6. The number of halogens is 5. The van der Waals surface area contributed by atoms with Crippen LogP contribution in [0, 0.1) is 5.92 Å². The molecule has 1 aromatic heterocycles. The van der Waals surface area contributed by atoms with Crippen LogP contribution in [-0.2, 0) is 15.8 Å². The number of amides is 1. The Labute approximate surface area is 176 Å². The second-order valence-corrected chi connectivity index (χ2v) is 10.3. The van der Waals surface area contributed by atoms with E-state index in [-0.39, 0.29) is 37.4 Å². The van der Waals surface area contributed by atoms with Crippen LogP contribution in [0.1, 0.15) is 48.7 Å². The van der Waals surface area contributed by atoms with Crippen molar-refractivity contribution in [3.63, 3.8) is 0 Å². The first kappa shape index (κ1) is 23.6. The number of hydrogen-bond donors (Lipinski definition) is 1. The quantitative estimate of drug-likeness (QED) is 0.681. The number of alkyl halides is 5. The van der Waals surface area contributed by atoms with Crippen LogP contribution in [0.15, 0.2) is 6.20 Å². The highest BCUT2D eigenvalue weighted by Crippen LogP contribution is 2.39. The van der Waals surface area contributed by atoms with Crippen molar-refractivity contribution >= 4 is 21.7 Å². The SMILES string of the molecule is CC(F)(F)c1nc(N[C@@H]2CCCC[C@@H]2C(F)(F)F)ncc1C(=O)N1CCS(=O)(=O)CC1. The Kier molecular flexibility index (Phi) is 6.45. The summed E-state index contributed by atoms with van der Waals surface area (Å²) in [7, 11) is -3.29. The van der Waals surface area contributed by atoms with E-state index in [1.807, 2.05) is 0 Å². The molecule has 0 bridgehead atoms. The molecule has 2 atom stereocenters. The number of sulfone groups is 1. The van der Waals surface area contributed by atoms with E-state index in [9.17, 15) is 35.2 Å². The van der Waals surface area contributed by atoms with Gasteiger partial charge in [-0.25, -0.2) is 18.4 Å². The second kappa shape index (κ2) is 8.47. The van der Waals surface area contributed by atoms with Crippen LogP contribution in [0.2, 0.25) is 0 Å². The van der Waals surface area contributed by atoms with E-state index in [0.29, 0.717) is 19.8 Å². The van der Waals surface area contributed by atoms with E-state index in [1.165, 1.54) is 0 Å². The van der Waals surface area contributed by atoms with E-state index in [4.69, 9.17) is 0 Å². The summed E-state index contributed by atoms with van der Waals surface area (Å²) in [6.45, 7) is 0.228. The van der Waals surface area contributed by atoms with Crippen molar-refractivity contribution < 1.29 is 35.2 Å². The van der Waals surface area contributed by atoms with Crippen LogP contribution in [0.25, 0.3) is 0 Å². The first-order valence-electron chi connectivity index (χ1n) is 9.86. The molecule has 1 aromatic rings. The van der Waals surface area contributed by atoms with Gasteiger partial charge in [-0.05, 0) is 12.8 Å². The third kappa shape index (κ3) is 5.60. The number of hydrogen-bond acceptors (Lipinski definition) is 6. The summed E-state index contributed by atoms with van der Waals surface area (Å²) in [5.74, 6) is -7.02. The predicted molar refractivity (Wildman–Crippen MR) is 102 cm³/mol. The normalized spacial score (nSPS) is 24.6. The molecular weight excluding hydrogens is 447 g/mol. The highest BCUT2D eigenvalue weighted by molar-refractivity contribution is 7.91. The number of aromatic nitrogens is 2. The van der Waals surface area contributed by atoms with Crippen molar-refractivity contribution in [1.82, 2.24) is 14.9 Å². The fraction of sp³-hybridized carbons (Fsp3) is 0.722. The lowest BCUT2D eigenvalue weighted by Gasteiger charge is -2.33. The van der Waals surface area contributed by atoms with Crippen LogP contribution >= 0.6 is 0 Å². The van der Waals surface area contributed by atoms with Crippen molar-refractivity contribution in [2.45, 2.75) is 50.7 Å². The van der Waals surface area contributed by atoms with Crippen molar-refractivity contribution in [2.24, 2.45) is 5.92 Å². The molecule has 1 saturated heterocycles. The molecule has 1 aliphatic heterocycles. The number of anilines is 1. The molecule has 31 heavy (non-hydrogen) atoms. The number of nitrogens with one attached hydrogen (secondary N) is 1. The van der Waals surface area contributed by atoms with Crippen LogP contribution in [0.4, 0.5) is 27.9 Å². The monoisotopic (exact) mass is 470 g/mol. The third-order valence-electron chi connectivity index (χ3n) is 5.57. The highest BCUT2D eigenvalue weighted by atomic mass is 32.2. The molecule has 1 aliphatic carbocycles. The van der Waals surface area contributed by atoms with Crippen molar-refractivity contribution in [2.75, 3.05) is 29.9 Å². The second-order valence-electron chi connectivity index (χ2n) is 7.97.